The van der Waals surface area contributed by atoms with Gasteiger partial charge < -0.3 is 15.4 Å². The highest BCUT2D eigenvalue weighted by molar-refractivity contribution is 5.98. The summed E-state index contributed by atoms with van der Waals surface area (Å²) in [6, 6.07) is 0. The minimum Gasteiger partial charge on any atom is -0.395 e. The van der Waals surface area contributed by atoms with Crippen molar-refractivity contribution in [2.45, 2.75) is 33.4 Å². The maximum atomic E-state index is 12.5. The summed E-state index contributed by atoms with van der Waals surface area (Å²) in [6.07, 6.45) is 0.0722. The Morgan fingerprint density at radius 1 is 1.61 bits per heavy atom. The molecule has 2 N–H and O–H groups in total. The quantitative estimate of drug-likeness (QED) is 0.839. The van der Waals surface area contributed by atoms with Crippen molar-refractivity contribution in [1.29, 1.82) is 0 Å². The first kappa shape index (κ1) is 12.9. The lowest BCUT2D eigenvalue weighted by atomic mass is 10.2. The highest BCUT2D eigenvalue weighted by Crippen LogP contribution is 2.19. The molecule has 1 saturated heterocycles. The molecule has 2 heterocycles. The minimum absolute atomic E-state index is 0.0508. The molecule has 1 aliphatic rings. The molecule has 0 radical (unpaired) electrons. The molecule has 1 atom stereocenters. The Morgan fingerprint density at radius 2 is 2.33 bits per heavy atom. The fourth-order valence-corrected chi connectivity index (χ4v) is 2.20. The van der Waals surface area contributed by atoms with E-state index in [1.165, 1.54) is 0 Å². The molecular weight excluding hydrogens is 232 g/mol. The number of amides is 1. The standard InChI is InChI=1S/C12H20N4O2/c1-4-16-11(10(13)9(3)14-16)12(17)15-5-6-18-8(2)7-15/h8H,4-7,13H2,1-3H3. The van der Waals surface area contributed by atoms with Crippen LogP contribution in [0.5, 0.6) is 0 Å². The van der Waals surface area contributed by atoms with E-state index in [-0.39, 0.29) is 12.0 Å². The Kier molecular flexibility index (Phi) is 3.56. The van der Waals surface area contributed by atoms with Crippen molar-refractivity contribution >= 4 is 11.6 Å². The lowest BCUT2D eigenvalue weighted by Gasteiger charge is -2.31. The van der Waals surface area contributed by atoms with Crippen LogP contribution in [0.4, 0.5) is 5.69 Å². The number of nitrogens with two attached hydrogens (primary N) is 1. The third-order valence-electron chi connectivity index (χ3n) is 3.20. The molecule has 0 aromatic carbocycles. The summed E-state index contributed by atoms with van der Waals surface area (Å²) in [4.78, 5) is 14.3. The van der Waals surface area contributed by atoms with Crippen molar-refractivity contribution in [3.8, 4) is 0 Å². The van der Waals surface area contributed by atoms with Crippen LogP contribution in [-0.2, 0) is 11.3 Å². The van der Waals surface area contributed by atoms with Gasteiger partial charge in [-0.3, -0.25) is 9.48 Å². The van der Waals surface area contributed by atoms with E-state index in [0.717, 1.165) is 0 Å². The summed E-state index contributed by atoms with van der Waals surface area (Å²) in [5.74, 6) is -0.0508. The van der Waals surface area contributed by atoms with Crippen LogP contribution < -0.4 is 5.73 Å². The van der Waals surface area contributed by atoms with Crippen LogP contribution >= 0.6 is 0 Å². The smallest absolute Gasteiger partial charge is 0.274 e. The topological polar surface area (TPSA) is 73.4 Å². The predicted molar refractivity (Wildman–Crippen MR) is 68.4 cm³/mol. The molecule has 6 nitrogen and oxygen atoms in total. The van der Waals surface area contributed by atoms with E-state index in [4.69, 9.17) is 10.5 Å². The van der Waals surface area contributed by atoms with E-state index >= 15 is 0 Å². The van der Waals surface area contributed by atoms with Crippen molar-refractivity contribution in [2.24, 2.45) is 0 Å². The number of hydrogen-bond acceptors (Lipinski definition) is 4. The second-order valence-electron chi connectivity index (χ2n) is 4.60. The fraction of sp³-hybridized carbons (Fsp3) is 0.667. The number of nitrogens with zero attached hydrogens (tertiary/aromatic N) is 3. The van der Waals surface area contributed by atoms with Gasteiger partial charge in [-0.25, -0.2) is 0 Å². The molecule has 1 aromatic heterocycles. The number of ether oxygens (including phenoxy) is 1. The normalized spacial score (nSPS) is 20.2. The third kappa shape index (κ3) is 2.20. The summed E-state index contributed by atoms with van der Waals surface area (Å²) >= 11 is 0. The van der Waals surface area contributed by atoms with Gasteiger partial charge in [0, 0.05) is 19.6 Å². The van der Waals surface area contributed by atoms with Gasteiger partial charge in [0.2, 0.25) is 0 Å². The molecule has 0 aliphatic carbocycles. The SMILES string of the molecule is CCn1nc(C)c(N)c1C(=O)N1CCOC(C)C1. The molecule has 0 spiro atoms. The van der Waals surface area contributed by atoms with Crippen molar-refractivity contribution < 1.29 is 9.53 Å². The van der Waals surface area contributed by atoms with Crippen LogP contribution in [0.1, 0.15) is 30.0 Å². The lowest BCUT2D eigenvalue weighted by molar-refractivity contribution is -0.0128. The zero-order valence-corrected chi connectivity index (χ0v) is 11.1. The number of nitrogen functional groups attached to an aromatic ring is 1. The van der Waals surface area contributed by atoms with Gasteiger partial charge >= 0.3 is 0 Å². The first-order chi connectivity index (χ1) is 8.54. The highest BCUT2D eigenvalue weighted by Gasteiger charge is 2.27. The first-order valence-corrected chi connectivity index (χ1v) is 6.28. The second kappa shape index (κ2) is 4.97. The third-order valence-corrected chi connectivity index (χ3v) is 3.20. The summed E-state index contributed by atoms with van der Waals surface area (Å²) in [5, 5.41) is 4.28. The van der Waals surface area contributed by atoms with Gasteiger partial charge in [0.1, 0.15) is 5.69 Å². The summed E-state index contributed by atoms with van der Waals surface area (Å²) in [7, 11) is 0. The average Bonchev–Trinajstić information content (AvgIpc) is 2.64. The molecule has 2 rings (SSSR count). The van der Waals surface area contributed by atoms with Gasteiger partial charge in [-0.15, -0.1) is 0 Å². The van der Waals surface area contributed by atoms with Crippen LogP contribution in [0.25, 0.3) is 0 Å². The summed E-state index contributed by atoms with van der Waals surface area (Å²) in [5.41, 5.74) is 7.66. The molecule has 1 fully saturated rings. The molecule has 0 saturated carbocycles. The van der Waals surface area contributed by atoms with Gasteiger partial charge in [-0.2, -0.15) is 5.10 Å². The predicted octanol–water partition coefficient (Wildman–Crippen LogP) is 0.655. The number of carbonyl (C=O) groups is 1. The maximum Gasteiger partial charge on any atom is 0.274 e. The van der Waals surface area contributed by atoms with E-state index in [0.29, 0.717) is 43.3 Å². The molecule has 1 amide bonds. The molecule has 6 heteroatoms. The van der Waals surface area contributed by atoms with E-state index in [1.54, 1.807) is 9.58 Å². The lowest BCUT2D eigenvalue weighted by Crippen LogP contribution is -2.45. The van der Waals surface area contributed by atoms with E-state index in [2.05, 4.69) is 5.10 Å². The molecule has 100 valence electrons. The fourth-order valence-electron chi connectivity index (χ4n) is 2.20. The molecule has 1 aliphatic heterocycles. The molecule has 1 unspecified atom stereocenters. The second-order valence-corrected chi connectivity index (χ2v) is 4.60. The Balaban J connectivity index is 2.27. The van der Waals surface area contributed by atoms with Crippen molar-refractivity contribution in [3.05, 3.63) is 11.4 Å². The average molecular weight is 252 g/mol. The van der Waals surface area contributed by atoms with Gasteiger partial charge in [0.25, 0.3) is 5.91 Å². The number of rotatable bonds is 2. The number of hydrogen-bond donors (Lipinski definition) is 1. The number of morpholine rings is 1. The number of aryl methyl sites for hydroxylation is 2. The van der Waals surface area contributed by atoms with E-state index in [1.807, 2.05) is 20.8 Å². The van der Waals surface area contributed by atoms with Crippen LogP contribution in [0.2, 0.25) is 0 Å². The van der Waals surface area contributed by atoms with Crippen molar-refractivity contribution in [3.63, 3.8) is 0 Å². The Bertz CT molecular complexity index is 455. The maximum absolute atomic E-state index is 12.5. The highest BCUT2D eigenvalue weighted by atomic mass is 16.5. The van der Waals surface area contributed by atoms with Gasteiger partial charge in [0.15, 0.2) is 0 Å². The molecule has 1 aromatic rings. The van der Waals surface area contributed by atoms with Crippen LogP contribution in [-0.4, -0.2) is 46.4 Å². The summed E-state index contributed by atoms with van der Waals surface area (Å²) < 4.78 is 7.11. The monoisotopic (exact) mass is 252 g/mol. The van der Waals surface area contributed by atoms with Crippen LogP contribution in [0, 0.1) is 6.92 Å². The van der Waals surface area contributed by atoms with E-state index in [9.17, 15) is 4.79 Å². The van der Waals surface area contributed by atoms with Crippen LogP contribution in [0.15, 0.2) is 0 Å². The number of anilines is 1. The number of carbonyl (C=O) groups excluding carboxylic acids is 1. The zero-order chi connectivity index (χ0) is 13.3. The van der Waals surface area contributed by atoms with Crippen molar-refractivity contribution in [2.75, 3.05) is 25.4 Å². The van der Waals surface area contributed by atoms with E-state index < -0.39 is 0 Å². The Morgan fingerprint density at radius 3 is 2.94 bits per heavy atom. The molecule has 18 heavy (non-hydrogen) atoms. The largest absolute Gasteiger partial charge is 0.395 e. The minimum atomic E-state index is -0.0508. The summed E-state index contributed by atoms with van der Waals surface area (Å²) in [6.45, 7) is 8.16. The Labute approximate surface area is 107 Å². The van der Waals surface area contributed by atoms with Gasteiger partial charge in [-0.1, -0.05) is 0 Å². The zero-order valence-electron chi connectivity index (χ0n) is 11.1. The molecular formula is C12H20N4O2. The van der Waals surface area contributed by atoms with Crippen molar-refractivity contribution in [1.82, 2.24) is 14.7 Å². The van der Waals surface area contributed by atoms with Gasteiger partial charge in [-0.05, 0) is 20.8 Å². The van der Waals surface area contributed by atoms with Crippen LogP contribution in [0.3, 0.4) is 0 Å². The number of aromatic nitrogens is 2. The van der Waals surface area contributed by atoms with Gasteiger partial charge in [0.05, 0.1) is 24.1 Å². The first-order valence-electron chi connectivity index (χ1n) is 6.28. The Hall–Kier alpha value is -1.56. The molecule has 0 bridgehead atoms.